The van der Waals surface area contributed by atoms with Crippen LogP contribution in [0.4, 0.5) is 0 Å². The van der Waals surface area contributed by atoms with E-state index in [2.05, 4.69) is 22.6 Å². The number of hydrogen-bond acceptors (Lipinski definition) is 4. The van der Waals surface area contributed by atoms with Gasteiger partial charge in [0.1, 0.15) is 5.75 Å². The highest BCUT2D eigenvalue weighted by Gasteiger charge is 2.09. The standard InChI is InChI=1S/C10H13IO5S/c11-5-2-6-15-8-16-9-3-1-4-10(7-9)17(12,13)14/h1,3-4,7H,2,5-6,8H2,(H,12,13,14). The number of benzene rings is 1. The zero-order valence-electron chi connectivity index (χ0n) is 9.00. The molecule has 17 heavy (non-hydrogen) atoms. The normalized spacial score (nSPS) is 11.4. The fraction of sp³-hybridized carbons (Fsp3) is 0.400. The molecule has 96 valence electrons. The molecule has 1 N–H and O–H groups in total. The predicted molar refractivity (Wildman–Crippen MR) is 71.2 cm³/mol. The summed E-state index contributed by atoms with van der Waals surface area (Å²) in [6, 6.07) is 5.62. The van der Waals surface area contributed by atoms with E-state index in [1.54, 1.807) is 6.07 Å². The first-order valence-corrected chi connectivity index (χ1v) is 7.84. The molecule has 0 aliphatic carbocycles. The van der Waals surface area contributed by atoms with Crippen molar-refractivity contribution in [2.24, 2.45) is 0 Å². The summed E-state index contributed by atoms with van der Waals surface area (Å²) in [6.07, 6.45) is 0.939. The third kappa shape index (κ3) is 5.66. The molecule has 1 aromatic carbocycles. The topological polar surface area (TPSA) is 72.8 Å². The zero-order chi connectivity index (χ0) is 12.7. The Morgan fingerprint density at radius 2 is 2.12 bits per heavy atom. The van der Waals surface area contributed by atoms with E-state index in [1.807, 2.05) is 0 Å². The SMILES string of the molecule is O=S(=O)(O)c1cccc(OCOCCCI)c1. The molecule has 0 spiro atoms. The molecule has 1 aromatic rings. The van der Waals surface area contributed by atoms with Gasteiger partial charge in [-0.2, -0.15) is 8.42 Å². The molecular weight excluding hydrogens is 359 g/mol. The minimum Gasteiger partial charge on any atom is -0.468 e. The summed E-state index contributed by atoms with van der Waals surface area (Å²) >= 11 is 2.25. The molecule has 0 fully saturated rings. The quantitative estimate of drug-likeness (QED) is 0.261. The molecule has 0 atom stereocenters. The molecule has 0 saturated carbocycles. The van der Waals surface area contributed by atoms with Crippen LogP contribution in [-0.4, -0.2) is 30.8 Å². The van der Waals surface area contributed by atoms with Crippen molar-refractivity contribution < 1.29 is 22.4 Å². The fourth-order valence-electron chi connectivity index (χ4n) is 1.05. The molecule has 0 aliphatic heterocycles. The second-order valence-corrected chi connectivity index (χ2v) is 5.66. The third-order valence-corrected chi connectivity index (χ3v) is 3.45. The molecule has 7 heteroatoms. The van der Waals surface area contributed by atoms with Gasteiger partial charge in [-0.05, 0) is 18.6 Å². The van der Waals surface area contributed by atoms with Crippen molar-refractivity contribution in [1.29, 1.82) is 0 Å². The first-order valence-electron chi connectivity index (χ1n) is 4.88. The average molecular weight is 372 g/mol. The number of halogens is 1. The molecule has 0 bridgehead atoms. The minimum absolute atomic E-state index is 0.0611. The van der Waals surface area contributed by atoms with Crippen LogP contribution in [0.3, 0.4) is 0 Å². The first kappa shape index (κ1) is 14.7. The van der Waals surface area contributed by atoms with E-state index < -0.39 is 10.1 Å². The first-order chi connectivity index (χ1) is 8.04. The maximum atomic E-state index is 10.9. The van der Waals surface area contributed by atoms with Crippen LogP contribution >= 0.6 is 22.6 Å². The highest BCUT2D eigenvalue weighted by atomic mass is 127. The largest absolute Gasteiger partial charge is 0.468 e. The van der Waals surface area contributed by atoms with Crippen molar-refractivity contribution in [3.8, 4) is 5.75 Å². The van der Waals surface area contributed by atoms with Gasteiger partial charge >= 0.3 is 0 Å². The zero-order valence-corrected chi connectivity index (χ0v) is 12.0. The van der Waals surface area contributed by atoms with Crippen LogP contribution in [0, 0.1) is 0 Å². The maximum Gasteiger partial charge on any atom is 0.294 e. The van der Waals surface area contributed by atoms with Crippen LogP contribution in [-0.2, 0) is 14.9 Å². The molecule has 0 unspecified atom stereocenters. The van der Waals surface area contributed by atoms with E-state index >= 15 is 0 Å². The van der Waals surface area contributed by atoms with Crippen LogP contribution < -0.4 is 4.74 Å². The van der Waals surface area contributed by atoms with Gasteiger partial charge in [-0.1, -0.05) is 28.7 Å². The van der Waals surface area contributed by atoms with Crippen LogP contribution in [0.15, 0.2) is 29.2 Å². The smallest absolute Gasteiger partial charge is 0.294 e. The number of rotatable bonds is 7. The third-order valence-electron chi connectivity index (χ3n) is 1.83. The molecule has 0 radical (unpaired) electrons. The molecular formula is C10H13IO5S. The van der Waals surface area contributed by atoms with E-state index in [0.29, 0.717) is 12.4 Å². The Morgan fingerprint density at radius 3 is 2.76 bits per heavy atom. The number of hydrogen-bond donors (Lipinski definition) is 1. The van der Waals surface area contributed by atoms with Crippen molar-refractivity contribution in [3.05, 3.63) is 24.3 Å². The highest BCUT2D eigenvalue weighted by molar-refractivity contribution is 14.1. The Hall–Kier alpha value is -0.380. The van der Waals surface area contributed by atoms with E-state index in [0.717, 1.165) is 10.8 Å². The lowest BCUT2D eigenvalue weighted by atomic mass is 10.3. The van der Waals surface area contributed by atoms with Crippen molar-refractivity contribution in [2.75, 3.05) is 17.8 Å². The van der Waals surface area contributed by atoms with Gasteiger partial charge in [-0.3, -0.25) is 4.55 Å². The van der Waals surface area contributed by atoms with Crippen molar-refractivity contribution >= 4 is 32.7 Å². The summed E-state index contributed by atoms with van der Waals surface area (Å²) in [7, 11) is -4.19. The Bertz CT molecular complexity index is 446. The average Bonchev–Trinajstić information content (AvgIpc) is 2.28. The summed E-state index contributed by atoms with van der Waals surface area (Å²) in [4.78, 5) is -0.192. The lowest BCUT2D eigenvalue weighted by molar-refractivity contribution is 0.0161. The fourth-order valence-corrected chi connectivity index (χ4v) is 1.88. The van der Waals surface area contributed by atoms with Gasteiger partial charge in [-0.15, -0.1) is 0 Å². The van der Waals surface area contributed by atoms with Crippen molar-refractivity contribution in [2.45, 2.75) is 11.3 Å². The van der Waals surface area contributed by atoms with Crippen LogP contribution in [0.25, 0.3) is 0 Å². The van der Waals surface area contributed by atoms with Gasteiger partial charge in [0.05, 0.1) is 11.5 Å². The van der Waals surface area contributed by atoms with E-state index in [4.69, 9.17) is 14.0 Å². The summed E-state index contributed by atoms with van der Waals surface area (Å²) in [5, 5.41) is 0. The van der Waals surface area contributed by atoms with Crippen LogP contribution in [0.1, 0.15) is 6.42 Å². The molecule has 0 heterocycles. The summed E-state index contributed by atoms with van der Waals surface area (Å²) < 4.78 is 41.9. The summed E-state index contributed by atoms with van der Waals surface area (Å²) in [6.45, 7) is 0.659. The second-order valence-electron chi connectivity index (χ2n) is 3.16. The molecule has 1 rings (SSSR count). The number of ether oxygens (including phenoxy) is 2. The van der Waals surface area contributed by atoms with Gasteiger partial charge in [0, 0.05) is 10.5 Å². The highest BCUT2D eigenvalue weighted by Crippen LogP contribution is 2.17. The van der Waals surface area contributed by atoms with Gasteiger partial charge in [0.2, 0.25) is 0 Å². The van der Waals surface area contributed by atoms with E-state index in [9.17, 15) is 8.42 Å². The van der Waals surface area contributed by atoms with E-state index in [1.165, 1.54) is 18.2 Å². The summed E-state index contributed by atoms with van der Waals surface area (Å²) in [5.74, 6) is 0.342. The lowest BCUT2D eigenvalue weighted by Gasteiger charge is -2.07. The van der Waals surface area contributed by atoms with Gasteiger partial charge in [0.15, 0.2) is 6.79 Å². The molecule has 0 saturated heterocycles. The number of alkyl halides is 1. The maximum absolute atomic E-state index is 10.9. The molecule has 0 aliphatic rings. The molecule has 5 nitrogen and oxygen atoms in total. The van der Waals surface area contributed by atoms with Gasteiger partial charge in [0.25, 0.3) is 10.1 Å². The minimum atomic E-state index is -4.19. The monoisotopic (exact) mass is 372 g/mol. The van der Waals surface area contributed by atoms with Crippen LogP contribution in [0.5, 0.6) is 5.75 Å². The Labute approximate surface area is 114 Å². The lowest BCUT2D eigenvalue weighted by Crippen LogP contribution is -2.05. The van der Waals surface area contributed by atoms with Crippen molar-refractivity contribution in [3.63, 3.8) is 0 Å². The summed E-state index contributed by atoms with van der Waals surface area (Å²) in [5.41, 5.74) is 0. The second kappa shape index (κ2) is 7.14. The Balaban J connectivity index is 2.49. The molecule has 0 aromatic heterocycles. The molecule has 0 amide bonds. The van der Waals surface area contributed by atoms with Crippen LogP contribution in [0.2, 0.25) is 0 Å². The Morgan fingerprint density at radius 1 is 1.35 bits per heavy atom. The van der Waals surface area contributed by atoms with Crippen molar-refractivity contribution in [1.82, 2.24) is 0 Å². The predicted octanol–water partition coefficient (Wildman–Crippen LogP) is 2.11. The van der Waals surface area contributed by atoms with Gasteiger partial charge < -0.3 is 9.47 Å². The van der Waals surface area contributed by atoms with E-state index in [-0.39, 0.29) is 11.7 Å². The Kier molecular flexibility index (Phi) is 6.17. The van der Waals surface area contributed by atoms with Gasteiger partial charge in [-0.25, -0.2) is 0 Å².